The summed E-state index contributed by atoms with van der Waals surface area (Å²) in [5.74, 6) is 0.620. The number of hydrogen-bond acceptors (Lipinski definition) is 4. The predicted molar refractivity (Wildman–Crippen MR) is 198 cm³/mol. The summed E-state index contributed by atoms with van der Waals surface area (Å²) >= 11 is 1.85. The average Bonchev–Trinajstić information content (AvgIpc) is 3.55. The van der Waals surface area contributed by atoms with Crippen LogP contribution in [0.2, 0.25) is 0 Å². The van der Waals surface area contributed by atoms with Crippen molar-refractivity contribution in [1.82, 2.24) is 15.0 Å². The monoisotopic (exact) mass is 615 g/mol. The summed E-state index contributed by atoms with van der Waals surface area (Å²) in [7, 11) is 0. The maximum atomic E-state index is 5.23. The van der Waals surface area contributed by atoms with Gasteiger partial charge >= 0.3 is 0 Å². The Morgan fingerprint density at radius 3 is 1.85 bits per heavy atom. The molecule has 0 saturated carbocycles. The van der Waals surface area contributed by atoms with Crippen molar-refractivity contribution >= 4 is 64.0 Å². The van der Waals surface area contributed by atoms with E-state index in [1.54, 1.807) is 0 Å². The van der Waals surface area contributed by atoms with Crippen LogP contribution in [0.5, 0.6) is 0 Å². The molecule has 0 bridgehead atoms. The molecule has 10 aromatic rings. The number of pyridine rings is 1. The zero-order valence-corrected chi connectivity index (χ0v) is 26.0. The minimum absolute atomic E-state index is 0.620. The van der Waals surface area contributed by atoms with Gasteiger partial charge in [0.25, 0.3) is 0 Å². The van der Waals surface area contributed by atoms with Crippen LogP contribution in [0.3, 0.4) is 0 Å². The predicted octanol–water partition coefficient (Wildman–Crippen LogP) is 11.8. The van der Waals surface area contributed by atoms with Crippen molar-refractivity contribution in [1.29, 1.82) is 0 Å². The lowest BCUT2D eigenvalue weighted by Crippen LogP contribution is -1.97. The van der Waals surface area contributed by atoms with Crippen molar-refractivity contribution in [2.75, 3.05) is 0 Å². The lowest BCUT2D eigenvalue weighted by atomic mass is 9.93. The zero-order valence-electron chi connectivity index (χ0n) is 25.2. The number of thiophene rings is 1. The molecule has 0 fully saturated rings. The molecule has 0 amide bonds. The Morgan fingerprint density at radius 2 is 1.02 bits per heavy atom. The fourth-order valence-corrected chi connectivity index (χ4v) is 8.37. The first-order chi connectivity index (χ1) is 23.3. The first-order valence-electron chi connectivity index (χ1n) is 15.8. The SMILES string of the molecule is c1ccc(-c2ccc(-c3nc(-c4cccc(-c5ccc6c7ccccc7c7cccc8sc5c6c87)n4)nc4ccccc34)cc2)cc1. The van der Waals surface area contributed by atoms with Crippen LogP contribution in [0.15, 0.2) is 152 Å². The molecule has 0 radical (unpaired) electrons. The van der Waals surface area contributed by atoms with Crippen molar-refractivity contribution in [2.24, 2.45) is 0 Å². The quantitative estimate of drug-likeness (QED) is 0.185. The topological polar surface area (TPSA) is 38.7 Å². The minimum Gasteiger partial charge on any atom is -0.244 e. The van der Waals surface area contributed by atoms with Crippen LogP contribution in [-0.2, 0) is 0 Å². The number of rotatable bonds is 4. The van der Waals surface area contributed by atoms with Gasteiger partial charge in [-0.1, -0.05) is 127 Å². The molecule has 4 heteroatoms. The van der Waals surface area contributed by atoms with Gasteiger partial charge in [-0.25, -0.2) is 15.0 Å². The Bertz CT molecular complexity index is 2780. The highest BCUT2D eigenvalue weighted by Gasteiger charge is 2.20. The van der Waals surface area contributed by atoms with Gasteiger partial charge in [0.15, 0.2) is 5.82 Å². The lowest BCUT2D eigenvalue weighted by Gasteiger charge is -2.12. The molecule has 218 valence electrons. The van der Waals surface area contributed by atoms with E-state index in [0.717, 1.165) is 39.1 Å². The van der Waals surface area contributed by atoms with Crippen molar-refractivity contribution in [3.8, 4) is 45.2 Å². The van der Waals surface area contributed by atoms with Gasteiger partial charge in [-0.2, -0.15) is 0 Å². The fraction of sp³-hybridized carbons (Fsp3) is 0. The van der Waals surface area contributed by atoms with E-state index < -0.39 is 0 Å². The van der Waals surface area contributed by atoms with Gasteiger partial charge in [0.2, 0.25) is 0 Å². The van der Waals surface area contributed by atoms with Crippen molar-refractivity contribution in [3.63, 3.8) is 0 Å². The Labute approximate surface area is 274 Å². The number of hydrogen-bond donors (Lipinski definition) is 0. The molecule has 0 aliphatic heterocycles. The van der Waals surface area contributed by atoms with Gasteiger partial charge in [-0.3, -0.25) is 0 Å². The molecule has 0 unspecified atom stereocenters. The standard InChI is InChI=1S/C43H25N3S/c1-2-10-26(11-3-1)27-20-22-28(23-21-27)41-33-14-6-7-16-35(33)45-43(46-41)37-18-9-17-36(44-37)34-25-24-32-30-13-5-4-12-29(30)31-15-8-19-38-39(31)40(32)42(34)47-38/h1-25H. The maximum absolute atomic E-state index is 5.23. The van der Waals surface area contributed by atoms with E-state index in [0.29, 0.717) is 5.82 Å². The van der Waals surface area contributed by atoms with E-state index in [4.69, 9.17) is 15.0 Å². The molecule has 3 nitrogen and oxygen atoms in total. The smallest absolute Gasteiger partial charge is 0.179 e. The highest BCUT2D eigenvalue weighted by atomic mass is 32.1. The third kappa shape index (κ3) is 4.09. The van der Waals surface area contributed by atoms with Crippen LogP contribution in [-0.4, -0.2) is 15.0 Å². The van der Waals surface area contributed by atoms with Crippen LogP contribution in [0.25, 0.3) is 97.8 Å². The molecular weight excluding hydrogens is 591 g/mol. The zero-order chi connectivity index (χ0) is 30.9. The number of nitrogens with zero attached hydrogens (tertiary/aromatic N) is 3. The molecular formula is C43H25N3S. The Hall–Kier alpha value is -5.97. The van der Waals surface area contributed by atoms with Gasteiger partial charge in [-0.15, -0.1) is 11.3 Å². The molecule has 10 rings (SSSR count). The van der Waals surface area contributed by atoms with E-state index in [-0.39, 0.29) is 0 Å². The molecule has 0 saturated heterocycles. The third-order valence-electron chi connectivity index (χ3n) is 9.28. The Balaban J connectivity index is 1.13. The van der Waals surface area contributed by atoms with Crippen molar-refractivity contribution in [3.05, 3.63) is 152 Å². The van der Waals surface area contributed by atoms with Gasteiger partial charge in [-0.05, 0) is 56.9 Å². The Kier molecular flexibility index (Phi) is 5.74. The summed E-state index contributed by atoms with van der Waals surface area (Å²) in [6, 6.07) is 53.5. The number of aromatic nitrogens is 3. The molecule has 0 N–H and O–H groups in total. The number of fused-ring (bicyclic) bond motifs is 4. The first-order valence-corrected chi connectivity index (χ1v) is 16.6. The second kappa shape index (κ2) is 10.3. The summed E-state index contributed by atoms with van der Waals surface area (Å²) in [5, 5.41) is 8.89. The van der Waals surface area contributed by atoms with Crippen molar-refractivity contribution < 1.29 is 0 Å². The second-order valence-corrected chi connectivity index (χ2v) is 13.0. The van der Waals surface area contributed by atoms with Crippen LogP contribution in [0.1, 0.15) is 0 Å². The summed E-state index contributed by atoms with van der Waals surface area (Å²) in [4.78, 5) is 15.4. The fourth-order valence-electron chi connectivity index (χ4n) is 7.10. The van der Waals surface area contributed by atoms with Crippen LogP contribution >= 0.6 is 11.3 Å². The highest BCUT2D eigenvalue weighted by molar-refractivity contribution is 7.26. The summed E-state index contributed by atoms with van der Waals surface area (Å²) in [6.07, 6.45) is 0. The van der Waals surface area contributed by atoms with E-state index in [1.165, 1.54) is 52.8 Å². The minimum atomic E-state index is 0.620. The summed E-state index contributed by atoms with van der Waals surface area (Å²) < 4.78 is 2.57. The number of benzene rings is 7. The van der Waals surface area contributed by atoms with Crippen LogP contribution < -0.4 is 0 Å². The maximum Gasteiger partial charge on any atom is 0.179 e. The van der Waals surface area contributed by atoms with Gasteiger partial charge in [0, 0.05) is 36.7 Å². The van der Waals surface area contributed by atoms with E-state index in [1.807, 2.05) is 35.6 Å². The largest absolute Gasteiger partial charge is 0.244 e. The Morgan fingerprint density at radius 1 is 0.383 bits per heavy atom. The van der Waals surface area contributed by atoms with Crippen molar-refractivity contribution in [2.45, 2.75) is 0 Å². The first kappa shape index (κ1) is 26.3. The highest BCUT2D eigenvalue weighted by Crippen LogP contribution is 2.48. The molecule has 0 aliphatic carbocycles. The van der Waals surface area contributed by atoms with E-state index >= 15 is 0 Å². The van der Waals surface area contributed by atoms with Gasteiger partial charge in [0.1, 0.15) is 5.69 Å². The molecule has 3 heterocycles. The molecule has 0 spiro atoms. The molecule has 7 aromatic carbocycles. The lowest BCUT2D eigenvalue weighted by molar-refractivity contribution is 1.18. The normalized spacial score (nSPS) is 11.8. The van der Waals surface area contributed by atoms with Crippen LogP contribution in [0.4, 0.5) is 0 Å². The molecule has 0 aliphatic rings. The summed E-state index contributed by atoms with van der Waals surface area (Å²) in [6.45, 7) is 0. The molecule has 0 atom stereocenters. The van der Waals surface area contributed by atoms with E-state index in [2.05, 4.69) is 127 Å². The van der Waals surface area contributed by atoms with Gasteiger partial charge in [0.05, 0.1) is 16.9 Å². The molecule has 47 heavy (non-hydrogen) atoms. The molecule has 3 aromatic heterocycles. The van der Waals surface area contributed by atoms with E-state index in [9.17, 15) is 0 Å². The van der Waals surface area contributed by atoms with Crippen LogP contribution in [0, 0.1) is 0 Å². The van der Waals surface area contributed by atoms with Gasteiger partial charge < -0.3 is 0 Å². The third-order valence-corrected chi connectivity index (χ3v) is 10.5. The number of para-hydroxylation sites is 1. The summed E-state index contributed by atoms with van der Waals surface area (Å²) in [5.41, 5.74) is 8.04. The average molecular weight is 616 g/mol. The second-order valence-electron chi connectivity index (χ2n) is 12.0.